The van der Waals surface area contributed by atoms with Crippen molar-refractivity contribution in [1.29, 1.82) is 0 Å². The van der Waals surface area contributed by atoms with Crippen LogP contribution in [-0.2, 0) is 5.41 Å². The van der Waals surface area contributed by atoms with E-state index in [0.29, 0.717) is 0 Å². The topological polar surface area (TPSA) is 35.2 Å². The van der Waals surface area contributed by atoms with Crippen molar-refractivity contribution in [2.45, 2.75) is 44.6 Å². The molecule has 0 atom stereocenters. The highest BCUT2D eigenvalue weighted by Gasteiger charge is 2.52. The molecule has 1 saturated carbocycles. The smallest absolute Gasteiger partial charge is 0.122 e. The summed E-state index contributed by atoms with van der Waals surface area (Å²) >= 11 is 0. The Bertz CT molecular complexity index is 405. The summed E-state index contributed by atoms with van der Waals surface area (Å²) in [7, 11) is 1.72. The van der Waals surface area contributed by atoms with Crippen molar-refractivity contribution in [2.75, 3.05) is 7.11 Å². The molecule has 1 aliphatic rings. The van der Waals surface area contributed by atoms with Gasteiger partial charge in [0.25, 0.3) is 0 Å². The maximum atomic E-state index is 6.37. The van der Waals surface area contributed by atoms with E-state index in [9.17, 15) is 0 Å². The molecule has 1 fully saturated rings. The van der Waals surface area contributed by atoms with Crippen LogP contribution >= 0.6 is 0 Å². The molecular formula is C14H21NO. The van der Waals surface area contributed by atoms with E-state index < -0.39 is 0 Å². The number of ether oxygens (including phenoxy) is 1. The number of rotatable bonds is 3. The van der Waals surface area contributed by atoms with Crippen LogP contribution in [0.1, 0.15) is 37.8 Å². The van der Waals surface area contributed by atoms with Gasteiger partial charge in [0.2, 0.25) is 0 Å². The van der Waals surface area contributed by atoms with Gasteiger partial charge in [0.05, 0.1) is 7.11 Å². The fraction of sp³-hybridized carbons (Fsp3) is 0.571. The summed E-state index contributed by atoms with van der Waals surface area (Å²) in [6.07, 6.45) is 2.22. The molecule has 1 aliphatic carbocycles. The normalized spacial score (nSPS) is 18.3. The maximum Gasteiger partial charge on any atom is 0.122 e. The minimum Gasteiger partial charge on any atom is -0.496 e. The molecule has 0 saturated heterocycles. The quantitative estimate of drug-likeness (QED) is 0.848. The molecule has 2 nitrogen and oxygen atoms in total. The summed E-state index contributed by atoms with van der Waals surface area (Å²) in [6.45, 7) is 6.55. The van der Waals surface area contributed by atoms with E-state index >= 15 is 0 Å². The van der Waals surface area contributed by atoms with Crippen molar-refractivity contribution in [3.8, 4) is 5.75 Å². The first kappa shape index (κ1) is 11.5. The molecule has 0 heterocycles. The van der Waals surface area contributed by atoms with Crippen molar-refractivity contribution in [3.05, 3.63) is 29.3 Å². The second-order valence-corrected chi connectivity index (χ2v) is 5.48. The number of methoxy groups -OCH3 is 1. The van der Waals surface area contributed by atoms with E-state index in [2.05, 4.69) is 32.9 Å². The Hall–Kier alpha value is -1.02. The largest absolute Gasteiger partial charge is 0.496 e. The molecule has 0 radical (unpaired) electrons. The highest BCUT2D eigenvalue weighted by atomic mass is 16.5. The third kappa shape index (κ3) is 1.61. The molecule has 1 aromatic rings. The van der Waals surface area contributed by atoms with Gasteiger partial charge in [-0.3, -0.25) is 0 Å². The number of aryl methyl sites for hydroxylation is 1. The van der Waals surface area contributed by atoms with Gasteiger partial charge in [-0.25, -0.2) is 0 Å². The Morgan fingerprint density at radius 3 is 2.44 bits per heavy atom. The molecule has 0 bridgehead atoms. The van der Waals surface area contributed by atoms with Crippen LogP contribution in [0.15, 0.2) is 18.2 Å². The van der Waals surface area contributed by atoms with E-state index in [1.54, 1.807) is 7.11 Å². The van der Waals surface area contributed by atoms with Crippen LogP contribution < -0.4 is 10.5 Å². The first-order valence-corrected chi connectivity index (χ1v) is 5.85. The Labute approximate surface area is 97.8 Å². The first-order valence-electron chi connectivity index (χ1n) is 5.85. The number of hydrogen-bond acceptors (Lipinski definition) is 2. The average molecular weight is 219 g/mol. The molecule has 0 spiro atoms. The van der Waals surface area contributed by atoms with Crippen LogP contribution in [0.4, 0.5) is 0 Å². The van der Waals surface area contributed by atoms with Crippen LogP contribution in [-0.4, -0.2) is 12.6 Å². The molecule has 2 heteroatoms. The van der Waals surface area contributed by atoms with Gasteiger partial charge in [0.1, 0.15) is 5.75 Å². The van der Waals surface area contributed by atoms with Gasteiger partial charge in [0.15, 0.2) is 0 Å². The van der Waals surface area contributed by atoms with Gasteiger partial charge in [-0.05, 0) is 25.8 Å². The van der Waals surface area contributed by atoms with Crippen LogP contribution in [0.3, 0.4) is 0 Å². The fourth-order valence-corrected chi connectivity index (χ4v) is 2.34. The molecule has 0 amide bonds. The van der Waals surface area contributed by atoms with Gasteiger partial charge < -0.3 is 10.5 Å². The Morgan fingerprint density at radius 1 is 1.31 bits per heavy atom. The Morgan fingerprint density at radius 2 is 1.94 bits per heavy atom. The second-order valence-electron chi connectivity index (χ2n) is 5.48. The van der Waals surface area contributed by atoms with Gasteiger partial charge in [-0.1, -0.05) is 31.5 Å². The molecule has 2 rings (SSSR count). The zero-order valence-electron chi connectivity index (χ0n) is 10.6. The van der Waals surface area contributed by atoms with Crippen LogP contribution in [0.2, 0.25) is 0 Å². The first-order chi connectivity index (χ1) is 7.40. The van der Waals surface area contributed by atoms with Crippen LogP contribution in [0.5, 0.6) is 5.75 Å². The maximum absolute atomic E-state index is 6.37. The minimum atomic E-state index is -0.0475. The van der Waals surface area contributed by atoms with E-state index in [1.807, 2.05) is 6.07 Å². The minimum absolute atomic E-state index is 0.0234. The number of benzene rings is 1. The molecule has 0 unspecified atom stereocenters. The lowest BCUT2D eigenvalue weighted by Crippen LogP contribution is -2.43. The molecule has 0 aliphatic heterocycles. The van der Waals surface area contributed by atoms with E-state index in [1.165, 1.54) is 11.1 Å². The second kappa shape index (κ2) is 3.49. The third-order valence-corrected chi connectivity index (χ3v) is 4.06. The highest BCUT2D eigenvalue weighted by molar-refractivity contribution is 5.45. The van der Waals surface area contributed by atoms with Gasteiger partial charge in [0, 0.05) is 16.5 Å². The molecule has 2 N–H and O–H groups in total. The van der Waals surface area contributed by atoms with Gasteiger partial charge in [-0.15, -0.1) is 0 Å². The lowest BCUT2D eigenvalue weighted by atomic mass is 9.75. The zero-order valence-corrected chi connectivity index (χ0v) is 10.6. The predicted octanol–water partition coefficient (Wildman–Crippen LogP) is 2.77. The highest BCUT2D eigenvalue weighted by Crippen LogP contribution is 2.51. The van der Waals surface area contributed by atoms with Crippen molar-refractivity contribution in [3.63, 3.8) is 0 Å². The molecular weight excluding hydrogens is 198 g/mol. The SMILES string of the molecule is COc1ccc(C)cc1C(C)(C)C1(N)CC1. The van der Waals surface area contributed by atoms with Crippen molar-refractivity contribution >= 4 is 0 Å². The van der Waals surface area contributed by atoms with E-state index in [0.717, 1.165) is 18.6 Å². The molecule has 88 valence electrons. The molecule has 1 aromatic carbocycles. The summed E-state index contributed by atoms with van der Waals surface area (Å²) in [5, 5.41) is 0. The van der Waals surface area contributed by atoms with Gasteiger partial charge >= 0.3 is 0 Å². The van der Waals surface area contributed by atoms with Crippen molar-refractivity contribution in [2.24, 2.45) is 5.73 Å². The number of hydrogen-bond donors (Lipinski definition) is 1. The lowest BCUT2D eigenvalue weighted by molar-refractivity contribution is 0.353. The van der Waals surface area contributed by atoms with Gasteiger partial charge in [-0.2, -0.15) is 0 Å². The zero-order chi connectivity index (χ0) is 12.0. The van der Waals surface area contributed by atoms with E-state index in [4.69, 9.17) is 10.5 Å². The Balaban J connectivity index is 2.49. The lowest BCUT2D eigenvalue weighted by Gasteiger charge is -2.34. The predicted molar refractivity (Wildman–Crippen MR) is 66.9 cm³/mol. The van der Waals surface area contributed by atoms with Crippen molar-refractivity contribution in [1.82, 2.24) is 0 Å². The average Bonchev–Trinajstić information content (AvgIpc) is 2.98. The Kier molecular flexibility index (Phi) is 2.50. The summed E-state index contributed by atoms with van der Waals surface area (Å²) in [6, 6.07) is 6.32. The summed E-state index contributed by atoms with van der Waals surface area (Å²) in [5.74, 6) is 0.951. The molecule has 16 heavy (non-hydrogen) atoms. The standard InChI is InChI=1S/C14H21NO/c1-10-5-6-12(16-4)11(9-10)13(2,3)14(15)7-8-14/h5-6,9H,7-8,15H2,1-4H3. The third-order valence-electron chi connectivity index (χ3n) is 4.06. The van der Waals surface area contributed by atoms with Crippen molar-refractivity contribution < 1.29 is 4.74 Å². The summed E-state index contributed by atoms with van der Waals surface area (Å²) < 4.78 is 5.45. The van der Waals surface area contributed by atoms with Crippen LogP contribution in [0.25, 0.3) is 0 Å². The van der Waals surface area contributed by atoms with E-state index in [-0.39, 0.29) is 11.0 Å². The fourth-order valence-electron chi connectivity index (χ4n) is 2.34. The monoisotopic (exact) mass is 219 g/mol. The van der Waals surface area contributed by atoms with Crippen LogP contribution in [0, 0.1) is 6.92 Å². The molecule has 0 aromatic heterocycles. The summed E-state index contributed by atoms with van der Waals surface area (Å²) in [4.78, 5) is 0. The number of nitrogens with two attached hydrogens (primary N) is 1. The summed E-state index contributed by atoms with van der Waals surface area (Å²) in [5.41, 5.74) is 8.79.